The molecule has 102 valence electrons. The van der Waals surface area contributed by atoms with Crippen LogP contribution in [-0.4, -0.2) is 17.0 Å². The molecule has 1 aliphatic rings. The highest BCUT2D eigenvalue weighted by Gasteiger charge is 2.36. The number of nitrogens with one attached hydrogen (secondary N) is 1. The van der Waals surface area contributed by atoms with Gasteiger partial charge in [0.15, 0.2) is 0 Å². The van der Waals surface area contributed by atoms with Crippen molar-refractivity contribution in [3.05, 3.63) is 71.8 Å². The van der Waals surface area contributed by atoms with Crippen molar-refractivity contribution >= 4 is 6.03 Å². The molecule has 1 N–H and O–H groups in total. The quantitative estimate of drug-likeness (QED) is 0.908. The van der Waals surface area contributed by atoms with Crippen LogP contribution in [0, 0.1) is 0 Å². The van der Waals surface area contributed by atoms with E-state index in [2.05, 4.69) is 36.5 Å². The molecule has 1 heterocycles. The first-order valence-electron chi connectivity index (χ1n) is 6.92. The van der Waals surface area contributed by atoms with E-state index >= 15 is 0 Å². The molecule has 2 atom stereocenters. The summed E-state index contributed by atoms with van der Waals surface area (Å²) in [4.78, 5) is 14.1. The standard InChI is InChI=1S/C17H18N2O/c1-13-16(15-10-6-3-7-11-15)18-17(20)19(13)12-14-8-4-2-5-9-14/h2-11,13,16H,12H2,1H3,(H,18,20)/t13-,16-/m1/s1. The maximum atomic E-state index is 12.2. The lowest BCUT2D eigenvalue weighted by atomic mass is 10.0. The monoisotopic (exact) mass is 266 g/mol. The number of benzene rings is 2. The highest BCUT2D eigenvalue weighted by atomic mass is 16.2. The molecule has 0 bridgehead atoms. The van der Waals surface area contributed by atoms with E-state index in [0.29, 0.717) is 6.54 Å². The maximum absolute atomic E-state index is 12.2. The third-order valence-electron chi connectivity index (χ3n) is 3.87. The Hall–Kier alpha value is -2.29. The summed E-state index contributed by atoms with van der Waals surface area (Å²) < 4.78 is 0. The second kappa shape index (κ2) is 5.37. The van der Waals surface area contributed by atoms with Gasteiger partial charge in [-0.3, -0.25) is 0 Å². The largest absolute Gasteiger partial charge is 0.329 e. The van der Waals surface area contributed by atoms with Gasteiger partial charge in [0.2, 0.25) is 0 Å². The van der Waals surface area contributed by atoms with Crippen LogP contribution in [0.3, 0.4) is 0 Å². The second-order valence-corrected chi connectivity index (χ2v) is 5.19. The number of urea groups is 1. The van der Waals surface area contributed by atoms with Crippen LogP contribution in [0.5, 0.6) is 0 Å². The average Bonchev–Trinajstić information content (AvgIpc) is 2.77. The summed E-state index contributed by atoms with van der Waals surface area (Å²) in [5, 5.41) is 3.08. The van der Waals surface area contributed by atoms with Crippen LogP contribution in [0.15, 0.2) is 60.7 Å². The lowest BCUT2D eigenvalue weighted by molar-refractivity contribution is 0.202. The van der Waals surface area contributed by atoms with Crippen LogP contribution in [0.2, 0.25) is 0 Å². The first kappa shape index (κ1) is 12.7. The van der Waals surface area contributed by atoms with Crippen LogP contribution in [0.1, 0.15) is 24.1 Å². The molecule has 0 unspecified atom stereocenters. The molecular formula is C17H18N2O. The minimum absolute atomic E-state index is 0.00945. The number of carbonyl (C=O) groups is 1. The smallest absolute Gasteiger partial charge is 0.318 e. The van der Waals surface area contributed by atoms with Gasteiger partial charge in [-0.2, -0.15) is 0 Å². The second-order valence-electron chi connectivity index (χ2n) is 5.19. The topological polar surface area (TPSA) is 32.3 Å². The van der Waals surface area contributed by atoms with Crippen molar-refractivity contribution in [3.8, 4) is 0 Å². The van der Waals surface area contributed by atoms with Gasteiger partial charge in [0.05, 0.1) is 12.1 Å². The number of rotatable bonds is 3. The Morgan fingerprint density at radius 1 is 1.00 bits per heavy atom. The van der Waals surface area contributed by atoms with Gasteiger partial charge >= 0.3 is 6.03 Å². The molecule has 3 nitrogen and oxygen atoms in total. The molecular weight excluding hydrogens is 248 g/mol. The summed E-state index contributed by atoms with van der Waals surface area (Å²) in [6, 6.07) is 20.4. The molecule has 1 fully saturated rings. The third kappa shape index (κ3) is 2.39. The van der Waals surface area contributed by atoms with Gasteiger partial charge in [-0.05, 0) is 18.1 Å². The van der Waals surface area contributed by atoms with Crippen molar-refractivity contribution in [2.45, 2.75) is 25.6 Å². The molecule has 0 aliphatic carbocycles. The van der Waals surface area contributed by atoms with E-state index in [4.69, 9.17) is 0 Å². The number of hydrogen-bond acceptors (Lipinski definition) is 1. The Kier molecular flexibility index (Phi) is 3.42. The van der Waals surface area contributed by atoms with E-state index in [1.807, 2.05) is 41.3 Å². The van der Waals surface area contributed by atoms with Crippen LogP contribution in [0.4, 0.5) is 4.79 Å². The summed E-state index contributed by atoms with van der Waals surface area (Å²) in [5.41, 5.74) is 2.31. The van der Waals surface area contributed by atoms with Gasteiger partial charge in [-0.15, -0.1) is 0 Å². The summed E-state index contributed by atoms with van der Waals surface area (Å²) in [6.45, 7) is 2.75. The molecule has 0 spiro atoms. The van der Waals surface area contributed by atoms with Gasteiger partial charge in [-0.25, -0.2) is 4.79 Å². The molecule has 20 heavy (non-hydrogen) atoms. The van der Waals surface area contributed by atoms with Gasteiger partial charge in [0.1, 0.15) is 0 Å². The molecule has 2 amide bonds. The molecule has 2 aromatic rings. The molecule has 3 rings (SSSR count). The summed E-state index contributed by atoms with van der Waals surface area (Å²) in [5.74, 6) is 0. The molecule has 1 saturated heterocycles. The zero-order valence-electron chi connectivity index (χ0n) is 11.5. The lowest BCUT2D eigenvalue weighted by Crippen LogP contribution is -2.31. The van der Waals surface area contributed by atoms with E-state index in [1.54, 1.807) is 0 Å². The SMILES string of the molecule is C[C@@H]1[C@H](c2ccccc2)NC(=O)N1Cc1ccccc1. The van der Waals surface area contributed by atoms with Crippen LogP contribution >= 0.6 is 0 Å². The lowest BCUT2D eigenvalue weighted by Gasteiger charge is -2.23. The molecule has 3 heteroatoms. The van der Waals surface area contributed by atoms with Crippen molar-refractivity contribution < 1.29 is 4.79 Å². The molecule has 0 saturated carbocycles. The highest BCUT2D eigenvalue weighted by molar-refractivity contribution is 5.78. The zero-order chi connectivity index (χ0) is 13.9. The minimum atomic E-state index is 0.00945. The first-order chi connectivity index (χ1) is 9.75. The Balaban J connectivity index is 1.79. The first-order valence-corrected chi connectivity index (χ1v) is 6.92. The summed E-state index contributed by atoms with van der Waals surface area (Å²) in [6.07, 6.45) is 0. The van der Waals surface area contributed by atoms with E-state index < -0.39 is 0 Å². The average molecular weight is 266 g/mol. The minimum Gasteiger partial charge on any atom is -0.329 e. The van der Waals surface area contributed by atoms with Crippen LogP contribution < -0.4 is 5.32 Å². The van der Waals surface area contributed by atoms with Crippen LogP contribution in [-0.2, 0) is 6.54 Å². The Bertz CT molecular complexity index is 582. The maximum Gasteiger partial charge on any atom is 0.318 e. The Morgan fingerprint density at radius 2 is 1.60 bits per heavy atom. The predicted octanol–water partition coefficient (Wildman–Crippen LogP) is 3.34. The van der Waals surface area contributed by atoms with Crippen molar-refractivity contribution in [2.24, 2.45) is 0 Å². The highest BCUT2D eigenvalue weighted by Crippen LogP contribution is 2.28. The summed E-state index contributed by atoms with van der Waals surface area (Å²) >= 11 is 0. The number of amides is 2. The van der Waals surface area contributed by atoms with Crippen molar-refractivity contribution in [2.75, 3.05) is 0 Å². The van der Waals surface area contributed by atoms with E-state index in [0.717, 1.165) is 11.1 Å². The zero-order valence-corrected chi connectivity index (χ0v) is 11.5. The van der Waals surface area contributed by atoms with Crippen molar-refractivity contribution in [3.63, 3.8) is 0 Å². The number of hydrogen-bond donors (Lipinski definition) is 1. The third-order valence-corrected chi connectivity index (χ3v) is 3.87. The normalized spacial score (nSPS) is 21.9. The predicted molar refractivity (Wildman–Crippen MR) is 79.2 cm³/mol. The van der Waals surface area contributed by atoms with E-state index in [-0.39, 0.29) is 18.1 Å². The van der Waals surface area contributed by atoms with E-state index in [1.165, 1.54) is 0 Å². The van der Waals surface area contributed by atoms with E-state index in [9.17, 15) is 4.79 Å². The molecule has 2 aromatic carbocycles. The fourth-order valence-electron chi connectivity index (χ4n) is 2.72. The van der Waals surface area contributed by atoms with Gasteiger partial charge in [-0.1, -0.05) is 60.7 Å². The molecule has 1 aliphatic heterocycles. The Morgan fingerprint density at radius 3 is 2.25 bits per heavy atom. The van der Waals surface area contributed by atoms with Crippen LogP contribution in [0.25, 0.3) is 0 Å². The molecule has 0 radical (unpaired) electrons. The van der Waals surface area contributed by atoms with Crippen molar-refractivity contribution in [1.29, 1.82) is 0 Å². The number of carbonyl (C=O) groups excluding carboxylic acids is 1. The van der Waals surface area contributed by atoms with Gasteiger partial charge < -0.3 is 10.2 Å². The summed E-state index contributed by atoms with van der Waals surface area (Å²) in [7, 11) is 0. The number of nitrogens with zero attached hydrogens (tertiary/aromatic N) is 1. The fourth-order valence-corrected chi connectivity index (χ4v) is 2.72. The molecule has 0 aromatic heterocycles. The fraction of sp³-hybridized carbons (Fsp3) is 0.235. The van der Waals surface area contributed by atoms with Gasteiger partial charge in [0, 0.05) is 6.54 Å². The van der Waals surface area contributed by atoms with Gasteiger partial charge in [0.25, 0.3) is 0 Å². The van der Waals surface area contributed by atoms with Crippen molar-refractivity contribution in [1.82, 2.24) is 10.2 Å². The Labute approximate surface area is 119 Å².